The molecule has 2 rings (SSSR count). The van der Waals surface area contributed by atoms with Crippen LogP contribution in [0.4, 0.5) is 0 Å². The van der Waals surface area contributed by atoms with Gasteiger partial charge < -0.3 is 5.11 Å². The van der Waals surface area contributed by atoms with Crippen LogP contribution in [-0.2, 0) is 10.0 Å². The van der Waals surface area contributed by atoms with E-state index in [-0.39, 0.29) is 25.9 Å². The molecule has 1 saturated carbocycles. The summed E-state index contributed by atoms with van der Waals surface area (Å²) >= 11 is 11.7. The van der Waals surface area contributed by atoms with E-state index < -0.39 is 16.0 Å². The molecular weight excluding hydrogens is 337 g/mol. The zero-order valence-corrected chi connectivity index (χ0v) is 13.6. The molecule has 0 unspecified atom stereocenters. The van der Waals surface area contributed by atoms with E-state index in [1.807, 2.05) is 6.92 Å². The van der Waals surface area contributed by atoms with Crippen molar-refractivity contribution >= 4 is 39.2 Å². The maximum absolute atomic E-state index is 12.3. The summed E-state index contributed by atoms with van der Waals surface area (Å²) in [5.41, 5.74) is -0.311. The van der Waals surface area contributed by atoms with Crippen molar-refractivity contribution in [2.75, 3.05) is 6.54 Å². The molecule has 0 aliphatic heterocycles. The third kappa shape index (κ3) is 3.51. The van der Waals surface area contributed by atoms with E-state index in [1.165, 1.54) is 0 Å². The number of aromatic carboxylic acids is 1. The average Bonchev–Trinajstić information content (AvgIpc) is 3.19. The molecule has 116 valence electrons. The van der Waals surface area contributed by atoms with Crippen LogP contribution in [0.15, 0.2) is 17.0 Å². The van der Waals surface area contributed by atoms with Gasteiger partial charge >= 0.3 is 5.97 Å². The Morgan fingerprint density at radius 3 is 2.48 bits per heavy atom. The smallest absolute Gasteiger partial charge is 0.337 e. The van der Waals surface area contributed by atoms with Gasteiger partial charge in [0.15, 0.2) is 0 Å². The second-order valence-corrected chi connectivity index (χ2v) is 7.80. The first-order chi connectivity index (χ1) is 9.71. The lowest BCUT2D eigenvalue weighted by molar-refractivity contribution is 0.0697. The topological polar surface area (TPSA) is 83.5 Å². The molecule has 5 nitrogen and oxygen atoms in total. The minimum absolute atomic E-state index is 0.00815. The Morgan fingerprint density at radius 1 is 1.38 bits per heavy atom. The van der Waals surface area contributed by atoms with Crippen LogP contribution >= 0.6 is 23.2 Å². The van der Waals surface area contributed by atoms with E-state index in [9.17, 15) is 13.2 Å². The van der Waals surface area contributed by atoms with Gasteiger partial charge in [-0.05, 0) is 36.8 Å². The molecule has 0 radical (unpaired) electrons. The number of hydrogen-bond acceptors (Lipinski definition) is 3. The van der Waals surface area contributed by atoms with E-state index in [0.29, 0.717) is 6.54 Å². The number of carbonyl (C=O) groups is 1. The maximum atomic E-state index is 12.3. The Bertz CT molecular complexity index is 684. The molecule has 1 aromatic carbocycles. The fourth-order valence-electron chi connectivity index (χ4n) is 2.07. The van der Waals surface area contributed by atoms with E-state index in [2.05, 4.69) is 4.72 Å². The normalized spacial score (nSPS) is 16.7. The van der Waals surface area contributed by atoms with Gasteiger partial charge in [0, 0.05) is 11.6 Å². The molecule has 0 bridgehead atoms. The minimum Gasteiger partial charge on any atom is -0.478 e. The molecule has 0 heterocycles. The number of carboxylic acids is 1. The Labute approximate surface area is 133 Å². The molecule has 1 aromatic rings. The number of hydrogen-bond donors (Lipinski definition) is 2. The molecule has 0 aromatic heterocycles. The molecular formula is C13H15Cl2NO4S. The summed E-state index contributed by atoms with van der Waals surface area (Å²) in [6, 6.07) is 2.28. The Morgan fingerprint density at radius 2 is 2.00 bits per heavy atom. The van der Waals surface area contributed by atoms with Gasteiger partial charge in [0.05, 0.1) is 10.6 Å². The van der Waals surface area contributed by atoms with E-state index in [4.69, 9.17) is 28.3 Å². The molecule has 1 aliphatic rings. The predicted molar refractivity (Wildman–Crippen MR) is 80.6 cm³/mol. The van der Waals surface area contributed by atoms with Crippen LogP contribution in [-0.4, -0.2) is 26.0 Å². The zero-order chi connectivity index (χ0) is 15.8. The second kappa shape index (κ2) is 5.76. The third-order valence-electron chi connectivity index (χ3n) is 3.87. The van der Waals surface area contributed by atoms with Crippen molar-refractivity contribution in [3.63, 3.8) is 0 Å². The largest absolute Gasteiger partial charge is 0.478 e. The quantitative estimate of drug-likeness (QED) is 0.824. The van der Waals surface area contributed by atoms with Crippen molar-refractivity contribution in [2.24, 2.45) is 5.41 Å². The summed E-state index contributed by atoms with van der Waals surface area (Å²) in [7, 11) is -3.90. The van der Waals surface area contributed by atoms with Gasteiger partial charge in [-0.25, -0.2) is 17.9 Å². The highest BCUT2D eigenvalue weighted by molar-refractivity contribution is 7.89. The molecule has 0 spiro atoms. The Balaban J connectivity index is 2.33. The molecule has 2 N–H and O–H groups in total. The van der Waals surface area contributed by atoms with Gasteiger partial charge in [0.2, 0.25) is 10.0 Å². The molecule has 0 atom stereocenters. The summed E-state index contributed by atoms with van der Waals surface area (Å²) in [6.45, 7) is 2.33. The van der Waals surface area contributed by atoms with E-state index in [0.717, 1.165) is 31.4 Å². The van der Waals surface area contributed by atoms with Crippen molar-refractivity contribution in [3.8, 4) is 0 Å². The SMILES string of the molecule is CCC1(CNS(=O)(=O)c2cc(Cl)cc(C(=O)O)c2Cl)CC1. The summed E-state index contributed by atoms with van der Waals surface area (Å²) in [5, 5.41) is 8.70. The molecule has 8 heteroatoms. The zero-order valence-electron chi connectivity index (χ0n) is 11.3. The lowest BCUT2D eigenvalue weighted by Gasteiger charge is -2.15. The van der Waals surface area contributed by atoms with Crippen LogP contribution in [0.5, 0.6) is 0 Å². The van der Waals surface area contributed by atoms with Gasteiger partial charge in [-0.3, -0.25) is 0 Å². The summed E-state index contributed by atoms with van der Waals surface area (Å²) in [4.78, 5) is 10.8. The van der Waals surface area contributed by atoms with Crippen LogP contribution in [0.2, 0.25) is 10.0 Å². The highest BCUT2D eigenvalue weighted by Gasteiger charge is 2.41. The fraction of sp³-hybridized carbons (Fsp3) is 0.462. The van der Waals surface area contributed by atoms with Gasteiger partial charge in [0.25, 0.3) is 0 Å². The monoisotopic (exact) mass is 351 g/mol. The predicted octanol–water partition coefficient (Wildman–Crippen LogP) is 3.16. The van der Waals surface area contributed by atoms with Gasteiger partial charge in [0.1, 0.15) is 4.90 Å². The molecule has 0 amide bonds. The molecule has 0 saturated heterocycles. The fourth-order valence-corrected chi connectivity index (χ4v) is 4.13. The first-order valence-corrected chi connectivity index (χ1v) is 8.67. The highest BCUT2D eigenvalue weighted by Crippen LogP contribution is 2.48. The molecule has 1 aliphatic carbocycles. The standard InChI is InChI=1S/C13H15Cl2NO4S/c1-2-13(3-4-13)7-16-21(19,20)10-6-8(14)5-9(11(10)15)12(17)18/h5-6,16H,2-4,7H2,1H3,(H,17,18). The van der Waals surface area contributed by atoms with Crippen LogP contribution in [0.25, 0.3) is 0 Å². The van der Waals surface area contributed by atoms with Crippen molar-refractivity contribution in [2.45, 2.75) is 31.1 Å². The molecule has 1 fully saturated rings. The number of rotatable bonds is 6. The lowest BCUT2D eigenvalue weighted by atomic mass is 10.1. The number of halogens is 2. The number of carboxylic acid groups (broad SMARTS) is 1. The van der Waals surface area contributed by atoms with Crippen LogP contribution in [0, 0.1) is 5.41 Å². The van der Waals surface area contributed by atoms with Crippen molar-refractivity contribution in [1.82, 2.24) is 4.72 Å². The number of nitrogens with one attached hydrogen (secondary N) is 1. The van der Waals surface area contributed by atoms with E-state index in [1.54, 1.807) is 0 Å². The first-order valence-electron chi connectivity index (χ1n) is 6.43. The van der Waals surface area contributed by atoms with Crippen LogP contribution < -0.4 is 4.72 Å². The van der Waals surface area contributed by atoms with Crippen molar-refractivity contribution in [3.05, 3.63) is 27.7 Å². The summed E-state index contributed by atoms with van der Waals surface area (Å²) in [6.07, 6.45) is 2.85. The second-order valence-electron chi connectivity index (χ2n) is 5.25. The lowest BCUT2D eigenvalue weighted by Crippen LogP contribution is -2.30. The van der Waals surface area contributed by atoms with Crippen LogP contribution in [0.1, 0.15) is 36.5 Å². The van der Waals surface area contributed by atoms with Crippen molar-refractivity contribution in [1.29, 1.82) is 0 Å². The number of sulfonamides is 1. The van der Waals surface area contributed by atoms with Gasteiger partial charge in [-0.2, -0.15) is 0 Å². The summed E-state index contributed by atoms with van der Waals surface area (Å²) in [5.74, 6) is -1.33. The van der Waals surface area contributed by atoms with Gasteiger partial charge in [-0.15, -0.1) is 0 Å². The summed E-state index contributed by atoms with van der Waals surface area (Å²) < 4.78 is 27.1. The highest BCUT2D eigenvalue weighted by atomic mass is 35.5. The average molecular weight is 352 g/mol. The van der Waals surface area contributed by atoms with Crippen LogP contribution in [0.3, 0.4) is 0 Å². The van der Waals surface area contributed by atoms with E-state index >= 15 is 0 Å². The Hall–Kier alpha value is -0.820. The minimum atomic E-state index is -3.90. The number of benzene rings is 1. The van der Waals surface area contributed by atoms with Crippen molar-refractivity contribution < 1.29 is 18.3 Å². The first kappa shape index (κ1) is 16.5. The van der Waals surface area contributed by atoms with Gasteiger partial charge in [-0.1, -0.05) is 30.1 Å². The molecule has 21 heavy (non-hydrogen) atoms. The third-order valence-corrected chi connectivity index (χ3v) is 6.03. The maximum Gasteiger partial charge on any atom is 0.337 e. The Kier molecular flexibility index (Phi) is 4.54.